The highest BCUT2D eigenvalue weighted by molar-refractivity contribution is 7.15. The number of hydrogen-bond donors (Lipinski definition) is 1. The van der Waals surface area contributed by atoms with Crippen molar-refractivity contribution in [2.75, 3.05) is 11.9 Å². The van der Waals surface area contributed by atoms with Crippen molar-refractivity contribution >= 4 is 34.3 Å². The van der Waals surface area contributed by atoms with Crippen LogP contribution in [0.5, 0.6) is 0 Å². The van der Waals surface area contributed by atoms with E-state index in [0.29, 0.717) is 16.1 Å². The van der Waals surface area contributed by atoms with Crippen LogP contribution in [0, 0.1) is 11.3 Å². The van der Waals surface area contributed by atoms with Gasteiger partial charge in [-0.1, -0.05) is 61.5 Å². The molecule has 1 N–H and O–H groups in total. The first-order valence-corrected chi connectivity index (χ1v) is 10.8. The summed E-state index contributed by atoms with van der Waals surface area (Å²) in [7, 11) is 0. The number of anilines is 1. The van der Waals surface area contributed by atoms with E-state index in [9.17, 15) is 14.9 Å². The Balaban J connectivity index is 1.95. The Morgan fingerprint density at radius 1 is 1.10 bits per heavy atom. The summed E-state index contributed by atoms with van der Waals surface area (Å²) in [6.07, 6.45) is 2.43. The minimum atomic E-state index is -0.577. The summed E-state index contributed by atoms with van der Waals surface area (Å²) in [4.78, 5) is 25.5. The monoisotopic (exact) mass is 430 g/mol. The highest BCUT2D eigenvalue weighted by Crippen LogP contribution is 2.36. The third kappa shape index (κ3) is 5.27. The SMILES string of the molecule is CCOC(=O)c1c(-c2ccc(CC)cc2)csc1NC(=O)C(C#N)=Cc1ccccc1. The van der Waals surface area contributed by atoms with E-state index in [1.165, 1.54) is 23.0 Å². The molecule has 156 valence electrons. The fraction of sp³-hybridized carbons (Fsp3) is 0.160. The lowest BCUT2D eigenvalue weighted by atomic mass is 10.0. The van der Waals surface area contributed by atoms with Gasteiger partial charge in [-0.3, -0.25) is 4.79 Å². The van der Waals surface area contributed by atoms with E-state index in [0.717, 1.165) is 17.5 Å². The zero-order valence-corrected chi connectivity index (χ0v) is 18.2. The number of benzene rings is 2. The number of esters is 1. The molecule has 1 amide bonds. The minimum Gasteiger partial charge on any atom is -0.462 e. The lowest BCUT2D eigenvalue weighted by Gasteiger charge is -2.09. The first kappa shape index (κ1) is 22.0. The van der Waals surface area contributed by atoms with Gasteiger partial charge in [-0.05, 0) is 36.1 Å². The average molecular weight is 431 g/mol. The average Bonchev–Trinajstić information content (AvgIpc) is 3.21. The molecule has 2 aromatic carbocycles. The van der Waals surface area contributed by atoms with Crippen LogP contribution in [0.2, 0.25) is 0 Å². The van der Waals surface area contributed by atoms with E-state index in [4.69, 9.17) is 4.74 Å². The van der Waals surface area contributed by atoms with Crippen molar-refractivity contribution in [3.05, 3.63) is 82.2 Å². The van der Waals surface area contributed by atoms with Crippen molar-refractivity contribution in [2.45, 2.75) is 20.3 Å². The number of carbonyl (C=O) groups excluding carboxylic acids is 2. The number of nitriles is 1. The molecule has 31 heavy (non-hydrogen) atoms. The smallest absolute Gasteiger partial charge is 0.341 e. The maximum absolute atomic E-state index is 12.8. The van der Waals surface area contributed by atoms with Gasteiger partial charge in [0.15, 0.2) is 0 Å². The van der Waals surface area contributed by atoms with Crippen LogP contribution in [0.1, 0.15) is 35.3 Å². The summed E-state index contributed by atoms with van der Waals surface area (Å²) < 4.78 is 5.23. The standard InChI is InChI=1S/C25H22N2O3S/c1-3-17-10-12-19(13-11-17)21-16-31-24(22(21)25(29)30-4-2)27-23(28)20(15-26)14-18-8-6-5-7-9-18/h5-14,16H,3-4H2,1-2H3,(H,27,28). The number of thiophene rings is 1. The number of nitrogens with one attached hydrogen (secondary N) is 1. The molecule has 0 fully saturated rings. The Hall–Kier alpha value is -3.69. The van der Waals surface area contributed by atoms with Gasteiger partial charge >= 0.3 is 5.97 Å². The molecule has 3 rings (SSSR count). The quantitative estimate of drug-likeness (QED) is 0.296. The predicted octanol–water partition coefficient (Wildman–Crippen LogP) is 5.70. The molecule has 0 atom stereocenters. The zero-order valence-electron chi connectivity index (χ0n) is 17.3. The largest absolute Gasteiger partial charge is 0.462 e. The summed E-state index contributed by atoms with van der Waals surface area (Å²) in [6.45, 7) is 4.02. The van der Waals surface area contributed by atoms with Gasteiger partial charge in [-0.25, -0.2) is 4.79 Å². The van der Waals surface area contributed by atoms with Crippen molar-refractivity contribution in [1.29, 1.82) is 5.26 Å². The highest BCUT2D eigenvalue weighted by Gasteiger charge is 2.23. The van der Waals surface area contributed by atoms with Crippen LogP contribution in [0.25, 0.3) is 17.2 Å². The lowest BCUT2D eigenvalue weighted by Crippen LogP contribution is -2.16. The van der Waals surface area contributed by atoms with Gasteiger partial charge in [-0.2, -0.15) is 5.26 Å². The Morgan fingerprint density at radius 3 is 2.42 bits per heavy atom. The maximum Gasteiger partial charge on any atom is 0.341 e. The molecule has 5 nitrogen and oxygen atoms in total. The van der Waals surface area contributed by atoms with Crippen LogP contribution in [0.4, 0.5) is 5.00 Å². The first-order chi connectivity index (χ1) is 15.1. The second kappa shape index (κ2) is 10.4. The van der Waals surface area contributed by atoms with Gasteiger partial charge in [0.25, 0.3) is 5.91 Å². The van der Waals surface area contributed by atoms with E-state index < -0.39 is 11.9 Å². The predicted molar refractivity (Wildman–Crippen MR) is 124 cm³/mol. The van der Waals surface area contributed by atoms with Crippen molar-refractivity contribution in [3.63, 3.8) is 0 Å². The molecule has 0 saturated heterocycles. The van der Waals surface area contributed by atoms with Crippen molar-refractivity contribution < 1.29 is 14.3 Å². The number of rotatable bonds is 7. The molecule has 0 spiro atoms. The van der Waals surface area contributed by atoms with E-state index in [1.54, 1.807) is 19.1 Å². The van der Waals surface area contributed by atoms with Crippen molar-refractivity contribution in [3.8, 4) is 17.2 Å². The molecule has 0 saturated carbocycles. The number of hydrogen-bond acceptors (Lipinski definition) is 5. The van der Waals surface area contributed by atoms with E-state index in [-0.39, 0.29) is 12.2 Å². The summed E-state index contributed by atoms with van der Waals surface area (Å²) in [5.74, 6) is -1.09. The molecular formula is C25H22N2O3S. The molecule has 1 aromatic heterocycles. The fourth-order valence-corrected chi connectivity index (χ4v) is 3.98. The van der Waals surface area contributed by atoms with E-state index in [2.05, 4.69) is 12.2 Å². The number of ether oxygens (including phenoxy) is 1. The van der Waals surface area contributed by atoms with Crippen LogP contribution in [-0.2, 0) is 16.0 Å². The number of aryl methyl sites for hydroxylation is 1. The first-order valence-electron chi connectivity index (χ1n) is 9.93. The second-order valence-electron chi connectivity index (χ2n) is 6.66. The van der Waals surface area contributed by atoms with E-state index >= 15 is 0 Å². The zero-order chi connectivity index (χ0) is 22.2. The number of amides is 1. The van der Waals surface area contributed by atoms with Gasteiger partial charge < -0.3 is 10.1 Å². The Kier molecular flexibility index (Phi) is 7.36. The van der Waals surface area contributed by atoms with Gasteiger partial charge in [0.1, 0.15) is 22.2 Å². The maximum atomic E-state index is 12.8. The van der Waals surface area contributed by atoms with E-state index in [1.807, 2.05) is 53.9 Å². The third-order valence-electron chi connectivity index (χ3n) is 4.65. The molecule has 6 heteroatoms. The molecule has 0 unspecified atom stereocenters. The molecular weight excluding hydrogens is 408 g/mol. The minimum absolute atomic E-state index is 0.0525. The molecule has 1 heterocycles. The van der Waals surface area contributed by atoms with Crippen molar-refractivity contribution in [1.82, 2.24) is 0 Å². The van der Waals surface area contributed by atoms with Gasteiger partial charge in [0.2, 0.25) is 0 Å². The fourth-order valence-electron chi connectivity index (χ4n) is 3.02. The second-order valence-corrected chi connectivity index (χ2v) is 7.54. The van der Waals surface area contributed by atoms with Crippen LogP contribution in [0.15, 0.2) is 65.6 Å². The number of nitrogens with zero attached hydrogens (tertiary/aromatic N) is 1. The summed E-state index contributed by atoms with van der Waals surface area (Å²) >= 11 is 1.23. The van der Waals surface area contributed by atoms with Gasteiger partial charge in [-0.15, -0.1) is 11.3 Å². The molecule has 0 aliphatic rings. The van der Waals surface area contributed by atoms with Crippen LogP contribution in [0.3, 0.4) is 0 Å². The Bertz CT molecular complexity index is 1140. The summed E-state index contributed by atoms with van der Waals surface area (Å²) in [6, 6.07) is 19.0. The molecule has 3 aromatic rings. The van der Waals surface area contributed by atoms with Gasteiger partial charge in [0, 0.05) is 10.9 Å². The van der Waals surface area contributed by atoms with Gasteiger partial charge in [0.05, 0.1) is 6.61 Å². The summed E-state index contributed by atoms with van der Waals surface area (Å²) in [5, 5.41) is 14.4. The van der Waals surface area contributed by atoms with Crippen LogP contribution < -0.4 is 5.32 Å². The molecule has 0 aliphatic carbocycles. The molecule has 0 bridgehead atoms. The molecule has 0 radical (unpaired) electrons. The van der Waals surface area contributed by atoms with Crippen LogP contribution >= 0.6 is 11.3 Å². The normalized spacial score (nSPS) is 10.9. The Labute approximate surface area is 185 Å². The number of carbonyl (C=O) groups is 2. The highest BCUT2D eigenvalue weighted by atomic mass is 32.1. The lowest BCUT2D eigenvalue weighted by molar-refractivity contribution is -0.112. The Morgan fingerprint density at radius 2 is 1.81 bits per heavy atom. The van der Waals surface area contributed by atoms with Crippen LogP contribution in [-0.4, -0.2) is 18.5 Å². The van der Waals surface area contributed by atoms with Crippen molar-refractivity contribution in [2.24, 2.45) is 0 Å². The summed E-state index contributed by atoms with van der Waals surface area (Å²) in [5.41, 5.74) is 3.71. The third-order valence-corrected chi connectivity index (χ3v) is 5.54. The topological polar surface area (TPSA) is 79.2 Å². The molecule has 0 aliphatic heterocycles.